The van der Waals surface area contributed by atoms with Crippen molar-refractivity contribution in [2.24, 2.45) is 0 Å². The molecular formula is C13H10N4O3S2. The third-order valence-electron chi connectivity index (χ3n) is 3.07. The van der Waals surface area contributed by atoms with E-state index in [-0.39, 0.29) is 11.2 Å². The van der Waals surface area contributed by atoms with Crippen LogP contribution in [-0.4, -0.2) is 36.7 Å². The van der Waals surface area contributed by atoms with Crippen LogP contribution in [0.25, 0.3) is 5.69 Å². The number of amides is 2. The van der Waals surface area contributed by atoms with Gasteiger partial charge in [-0.2, -0.15) is 9.78 Å². The second kappa shape index (κ2) is 5.85. The number of nitrogens with zero attached hydrogens (tertiary/aromatic N) is 3. The minimum absolute atomic E-state index is 0.137. The third-order valence-corrected chi connectivity index (χ3v) is 4.42. The van der Waals surface area contributed by atoms with Crippen LogP contribution < -0.4 is 5.32 Å². The van der Waals surface area contributed by atoms with Gasteiger partial charge in [-0.15, -0.1) is 0 Å². The summed E-state index contributed by atoms with van der Waals surface area (Å²) in [6.07, 6.45) is 1.31. The average Bonchev–Trinajstić information content (AvgIpc) is 3.02. The van der Waals surface area contributed by atoms with Crippen molar-refractivity contribution < 1.29 is 14.4 Å². The first-order valence-electron chi connectivity index (χ1n) is 6.33. The molecule has 1 atom stereocenters. The van der Waals surface area contributed by atoms with Gasteiger partial charge in [0.05, 0.1) is 6.42 Å². The minimum atomic E-state index is -0.733. The van der Waals surface area contributed by atoms with Crippen molar-refractivity contribution in [2.45, 2.75) is 11.7 Å². The molecule has 0 radical (unpaired) electrons. The van der Waals surface area contributed by atoms with Gasteiger partial charge < -0.3 is 0 Å². The molecule has 0 unspecified atom stereocenters. The fourth-order valence-corrected chi connectivity index (χ4v) is 3.12. The van der Waals surface area contributed by atoms with Crippen LogP contribution in [0.3, 0.4) is 0 Å². The zero-order valence-corrected chi connectivity index (χ0v) is 12.8. The zero-order chi connectivity index (χ0) is 15.7. The van der Waals surface area contributed by atoms with E-state index >= 15 is 0 Å². The Morgan fingerprint density at radius 2 is 2.05 bits per heavy atom. The molecule has 7 nitrogen and oxygen atoms in total. The molecule has 0 spiro atoms. The van der Waals surface area contributed by atoms with Crippen LogP contribution >= 0.6 is 24.0 Å². The highest BCUT2D eigenvalue weighted by Crippen LogP contribution is 2.22. The van der Waals surface area contributed by atoms with Gasteiger partial charge in [0, 0.05) is 5.69 Å². The number of carbonyl (C=O) groups excluding carboxylic acids is 3. The summed E-state index contributed by atoms with van der Waals surface area (Å²) >= 11 is 6.05. The topological polar surface area (TPSA) is 86.0 Å². The van der Waals surface area contributed by atoms with Crippen LogP contribution in [-0.2, 0) is 4.79 Å². The summed E-state index contributed by atoms with van der Waals surface area (Å²) in [4.78, 5) is 34.8. The second-order valence-electron chi connectivity index (χ2n) is 4.51. The van der Waals surface area contributed by atoms with Crippen LogP contribution in [0.5, 0.6) is 0 Å². The lowest BCUT2D eigenvalue weighted by molar-refractivity contribution is -0.119. The summed E-state index contributed by atoms with van der Waals surface area (Å²) in [7, 11) is 0. The van der Waals surface area contributed by atoms with Gasteiger partial charge in [0.1, 0.15) is 11.6 Å². The number of hydrogen-bond donors (Lipinski definition) is 1. The quantitative estimate of drug-likeness (QED) is 0.861. The number of nitrogens with one attached hydrogen (secondary N) is 1. The lowest BCUT2D eigenvalue weighted by Crippen LogP contribution is -2.27. The van der Waals surface area contributed by atoms with Crippen molar-refractivity contribution in [2.75, 3.05) is 0 Å². The smallest absolute Gasteiger partial charge is 0.286 e. The van der Waals surface area contributed by atoms with E-state index in [2.05, 4.69) is 10.4 Å². The first kappa shape index (κ1) is 14.7. The zero-order valence-electron chi connectivity index (χ0n) is 11.1. The second-order valence-corrected chi connectivity index (χ2v) is 6.05. The Morgan fingerprint density at radius 1 is 1.32 bits per heavy atom. The minimum Gasteiger partial charge on any atom is -0.286 e. The molecule has 1 aliphatic rings. The van der Waals surface area contributed by atoms with Crippen LogP contribution in [0, 0.1) is 4.77 Å². The number of rotatable bonds is 3. The molecule has 0 saturated carbocycles. The van der Waals surface area contributed by atoms with Gasteiger partial charge >= 0.3 is 0 Å². The van der Waals surface area contributed by atoms with Crippen LogP contribution in [0.1, 0.15) is 11.2 Å². The summed E-state index contributed by atoms with van der Waals surface area (Å²) in [5, 5.41) is 4.94. The van der Waals surface area contributed by atoms with Gasteiger partial charge in [-0.25, -0.2) is 0 Å². The summed E-state index contributed by atoms with van der Waals surface area (Å²) in [5.74, 6) is -0.889. The highest BCUT2D eigenvalue weighted by molar-refractivity contribution is 8.15. The van der Waals surface area contributed by atoms with Crippen LogP contribution in [0.15, 0.2) is 36.7 Å². The van der Waals surface area contributed by atoms with Crippen LogP contribution in [0.2, 0.25) is 0 Å². The Balaban J connectivity index is 1.83. The van der Waals surface area contributed by atoms with Gasteiger partial charge in [0.25, 0.3) is 11.1 Å². The van der Waals surface area contributed by atoms with Gasteiger partial charge in [-0.1, -0.05) is 30.0 Å². The van der Waals surface area contributed by atoms with Crippen molar-refractivity contribution in [3.8, 4) is 5.69 Å². The monoisotopic (exact) mass is 334 g/mol. The van der Waals surface area contributed by atoms with Gasteiger partial charge in [0.2, 0.25) is 10.7 Å². The van der Waals surface area contributed by atoms with Gasteiger partial charge in [-0.3, -0.25) is 24.3 Å². The lowest BCUT2D eigenvalue weighted by atomic mass is 10.3. The molecule has 2 heterocycles. The van der Waals surface area contributed by atoms with E-state index < -0.39 is 22.3 Å². The van der Waals surface area contributed by atoms with Gasteiger partial charge in [0.15, 0.2) is 0 Å². The maximum Gasteiger partial charge on any atom is 0.286 e. The third kappa shape index (κ3) is 2.72. The SMILES string of the molecule is O=C1NC(=O)[C@H](CC(=O)n2ncn(-c3ccccc3)c2=S)S1. The standard InChI is InChI=1S/C13H10N4O3S2/c18-10(6-9-11(19)15-12(20)22-9)17-13(21)16(7-14-17)8-4-2-1-3-5-8/h1-5,7,9H,6H2,(H,15,19,20)/t9-/m0/s1. The number of para-hydroxylation sites is 1. The van der Waals surface area contributed by atoms with Crippen molar-refractivity contribution in [1.29, 1.82) is 0 Å². The fourth-order valence-electron chi connectivity index (χ4n) is 2.01. The summed E-state index contributed by atoms with van der Waals surface area (Å²) in [6.45, 7) is 0. The Kier molecular flexibility index (Phi) is 3.90. The Hall–Kier alpha value is -2.26. The molecular weight excluding hydrogens is 324 g/mol. The van der Waals surface area contributed by atoms with E-state index in [0.29, 0.717) is 0 Å². The molecule has 1 aromatic carbocycles. The number of hydrogen-bond acceptors (Lipinski definition) is 6. The fraction of sp³-hybridized carbons (Fsp3) is 0.154. The largest absolute Gasteiger partial charge is 0.286 e. The molecule has 1 saturated heterocycles. The predicted octanol–water partition coefficient (Wildman–Crippen LogP) is 1.79. The highest BCUT2D eigenvalue weighted by atomic mass is 32.2. The number of aromatic nitrogens is 3. The number of carbonyl (C=O) groups is 3. The molecule has 22 heavy (non-hydrogen) atoms. The van der Waals surface area contributed by atoms with E-state index in [1.807, 2.05) is 30.3 Å². The summed E-state index contributed by atoms with van der Waals surface area (Å²) in [6, 6.07) is 9.24. The van der Waals surface area contributed by atoms with E-state index in [4.69, 9.17) is 12.2 Å². The summed E-state index contributed by atoms with van der Waals surface area (Å²) in [5.41, 5.74) is 0.787. The molecule has 3 rings (SSSR count). The van der Waals surface area contributed by atoms with Crippen LogP contribution in [0.4, 0.5) is 4.79 Å². The molecule has 1 aliphatic heterocycles. The normalized spacial score (nSPS) is 17.5. The first-order chi connectivity index (χ1) is 10.6. The molecule has 2 aromatic rings. The molecule has 9 heteroatoms. The van der Waals surface area contributed by atoms with E-state index in [1.165, 1.54) is 6.33 Å². The molecule has 2 amide bonds. The average molecular weight is 334 g/mol. The molecule has 1 fully saturated rings. The molecule has 1 N–H and O–H groups in total. The Bertz CT molecular complexity index is 812. The Labute approximate surface area is 134 Å². The van der Waals surface area contributed by atoms with Crippen molar-refractivity contribution >= 4 is 41.0 Å². The molecule has 0 bridgehead atoms. The highest BCUT2D eigenvalue weighted by Gasteiger charge is 2.34. The molecule has 0 aliphatic carbocycles. The number of benzene rings is 1. The lowest BCUT2D eigenvalue weighted by Gasteiger charge is -2.04. The van der Waals surface area contributed by atoms with Crippen molar-refractivity contribution in [3.05, 3.63) is 41.4 Å². The van der Waals surface area contributed by atoms with E-state index in [0.717, 1.165) is 22.1 Å². The summed E-state index contributed by atoms with van der Waals surface area (Å²) < 4.78 is 2.88. The Morgan fingerprint density at radius 3 is 2.68 bits per heavy atom. The van der Waals surface area contributed by atoms with Crippen molar-refractivity contribution in [1.82, 2.24) is 19.7 Å². The predicted molar refractivity (Wildman–Crippen MR) is 82.5 cm³/mol. The van der Waals surface area contributed by atoms with E-state index in [1.54, 1.807) is 4.57 Å². The maximum absolute atomic E-state index is 12.2. The molecule has 1 aromatic heterocycles. The molecule has 112 valence electrons. The first-order valence-corrected chi connectivity index (χ1v) is 7.62. The van der Waals surface area contributed by atoms with E-state index in [9.17, 15) is 14.4 Å². The number of imide groups is 1. The van der Waals surface area contributed by atoms with Gasteiger partial charge in [-0.05, 0) is 24.4 Å². The van der Waals surface area contributed by atoms with Crippen molar-refractivity contribution in [3.63, 3.8) is 0 Å². The maximum atomic E-state index is 12.2. The number of thioether (sulfide) groups is 1.